The van der Waals surface area contributed by atoms with E-state index in [4.69, 9.17) is 23.2 Å². The Kier molecular flexibility index (Phi) is 3.11. The Hall–Kier alpha value is -1.23. The van der Waals surface area contributed by atoms with Crippen LogP contribution in [0.25, 0.3) is 10.9 Å². The SMILES string of the molecule is ClCC#Cc1ccc2nc(Cl)ccc2c1. The zero-order valence-corrected chi connectivity index (χ0v) is 9.31. The third-order valence-electron chi connectivity index (χ3n) is 1.95. The molecule has 1 aromatic heterocycles. The van der Waals surface area contributed by atoms with E-state index in [0.717, 1.165) is 16.5 Å². The predicted octanol–water partition coefficient (Wildman–Crippen LogP) is 3.48. The first-order valence-corrected chi connectivity index (χ1v) is 5.32. The molecule has 0 radical (unpaired) electrons. The van der Waals surface area contributed by atoms with Crippen molar-refractivity contribution >= 4 is 34.1 Å². The molecule has 74 valence electrons. The highest BCUT2D eigenvalue weighted by atomic mass is 35.5. The lowest BCUT2D eigenvalue weighted by Crippen LogP contribution is -1.81. The molecule has 0 fully saturated rings. The van der Waals surface area contributed by atoms with Gasteiger partial charge in [-0.1, -0.05) is 23.4 Å². The highest BCUT2D eigenvalue weighted by Crippen LogP contribution is 2.16. The average Bonchev–Trinajstić information content (AvgIpc) is 2.26. The number of benzene rings is 1. The average molecular weight is 236 g/mol. The van der Waals surface area contributed by atoms with Crippen LogP contribution in [0.3, 0.4) is 0 Å². The van der Waals surface area contributed by atoms with Gasteiger partial charge in [0.2, 0.25) is 0 Å². The Morgan fingerprint density at radius 3 is 2.87 bits per heavy atom. The molecule has 15 heavy (non-hydrogen) atoms. The van der Waals surface area contributed by atoms with Gasteiger partial charge in [-0.05, 0) is 30.3 Å². The van der Waals surface area contributed by atoms with Gasteiger partial charge >= 0.3 is 0 Å². The van der Waals surface area contributed by atoms with Gasteiger partial charge in [-0.25, -0.2) is 4.98 Å². The Bertz CT molecular complexity index is 552. The van der Waals surface area contributed by atoms with E-state index in [1.54, 1.807) is 6.07 Å². The van der Waals surface area contributed by atoms with Crippen LogP contribution in [0.4, 0.5) is 0 Å². The summed E-state index contributed by atoms with van der Waals surface area (Å²) in [7, 11) is 0. The first-order valence-electron chi connectivity index (χ1n) is 4.41. The quantitative estimate of drug-likeness (QED) is 0.387. The summed E-state index contributed by atoms with van der Waals surface area (Å²) in [5, 5.41) is 1.53. The largest absolute Gasteiger partial charge is 0.236 e. The summed E-state index contributed by atoms with van der Waals surface area (Å²) in [4.78, 5) is 4.19. The first-order chi connectivity index (χ1) is 7.29. The molecule has 0 aliphatic carbocycles. The second-order valence-electron chi connectivity index (χ2n) is 2.98. The second kappa shape index (κ2) is 4.53. The van der Waals surface area contributed by atoms with Gasteiger partial charge in [-0.3, -0.25) is 0 Å². The minimum absolute atomic E-state index is 0.344. The molecule has 0 atom stereocenters. The fraction of sp³-hybridized carbons (Fsp3) is 0.0833. The number of aromatic nitrogens is 1. The summed E-state index contributed by atoms with van der Waals surface area (Å²) >= 11 is 11.3. The van der Waals surface area contributed by atoms with Crippen LogP contribution in [0.2, 0.25) is 5.15 Å². The topological polar surface area (TPSA) is 12.9 Å². The molecule has 0 N–H and O–H groups in total. The van der Waals surface area contributed by atoms with E-state index in [0.29, 0.717) is 11.0 Å². The molecule has 0 bridgehead atoms. The third-order valence-corrected chi connectivity index (χ3v) is 2.30. The van der Waals surface area contributed by atoms with Crippen LogP contribution in [-0.2, 0) is 0 Å². The third kappa shape index (κ3) is 2.41. The van der Waals surface area contributed by atoms with Gasteiger partial charge in [-0.2, -0.15) is 0 Å². The fourth-order valence-electron chi connectivity index (χ4n) is 1.31. The zero-order valence-electron chi connectivity index (χ0n) is 7.80. The van der Waals surface area contributed by atoms with E-state index in [2.05, 4.69) is 16.8 Å². The summed E-state index contributed by atoms with van der Waals surface area (Å²) < 4.78 is 0. The van der Waals surface area contributed by atoms with E-state index in [1.807, 2.05) is 24.3 Å². The van der Waals surface area contributed by atoms with Crippen molar-refractivity contribution in [1.82, 2.24) is 4.98 Å². The molecule has 2 rings (SSSR count). The van der Waals surface area contributed by atoms with Gasteiger partial charge in [0, 0.05) is 10.9 Å². The fourth-order valence-corrected chi connectivity index (χ4v) is 1.53. The van der Waals surface area contributed by atoms with Crippen LogP contribution in [0.15, 0.2) is 30.3 Å². The number of pyridine rings is 1. The molecular weight excluding hydrogens is 229 g/mol. The second-order valence-corrected chi connectivity index (χ2v) is 3.63. The highest BCUT2D eigenvalue weighted by Gasteiger charge is 1.96. The predicted molar refractivity (Wildman–Crippen MR) is 64.4 cm³/mol. The van der Waals surface area contributed by atoms with Crippen LogP contribution in [-0.4, -0.2) is 10.9 Å². The Balaban J connectivity index is 2.52. The van der Waals surface area contributed by atoms with Gasteiger partial charge in [0.25, 0.3) is 0 Å². The molecule has 0 aliphatic rings. The number of hydrogen-bond acceptors (Lipinski definition) is 1. The van der Waals surface area contributed by atoms with Crippen molar-refractivity contribution in [2.45, 2.75) is 0 Å². The molecule has 0 aliphatic heterocycles. The molecule has 0 amide bonds. The van der Waals surface area contributed by atoms with E-state index in [9.17, 15) is 0 Å². The van der Waals surface area contributed by atoms with Crippen molar-refractivity contribution in [2.24, 2.45) is 0 Å². The van der Waals surface area contributed by atoms with Gasteiger partial charge in [0.15, 0.2) is 0 Å². The molecule has 2 aromatic rings. The van der Waals surface area contributed by atoms with Gasteiger partial charge in [-0.15, -0.1) is 11.6 Å². The molecule has 1 aromatic carbocycles. The Morgan fingerprint density at radius 1 is 1.20 bits per heavy atom. The maximum atomic E-state index is 5.79. The van der Waals surface area contributed by atoms with Crippen LogP contribution < -0.4 is 0 Å². The van der Waals surface area contributed by atoms with E-state index in [1.165, 1.54) is 0 Å². The van der Waals surface area contributed by atoms with Crippen molar-refractivity contribution in [3.8, 4) is 11.8 Å². The van der Waals surface area contributed by atoms with Crippen molar-refractivity contribution in [3.63, 3.8) is 0 Å². The Labute approximate surface area is 98.0 Å². The van der Waals surface area contributed by atoms with Crippen LogP contribution >= 0.6 is 23.2 Å². The minimum atomic E-state index is 0.344. The monoisotopic (exact) mass is 235 g/mol. The molecule has 0 unspecified atom stereocenters. The van der Waals surface area contributed by atoms with Crippen molar-refractivity contribution in [3.05, 3.63) is 41.0 Å². The summed E-state index contributed by atoms with van der Waals surface area (Å²) in [6, 6.07) is 9.47. The summed E-state index contributed by atoms with van der Waals surface area (Å²) in [6.45, 7) is 0. The van der Waals surface area contributed by atoms with Crippen molar-refractivity contribution in [1.29, 1.82) is 0 Å². The van der Waals surface area contributed by atoms with Crippen LogP contribution in [0.5, 0.6) is 0 Å². The Morgan fingerprint density at radius 2 is 2.07 bits per heavy atom. The number of alkyl halides is 1. The smallest absolute Gasteiger partial charge is 0.129 e. The molecule has 1 nitrogen and oxygen atoms in total. The molecule has 1 heterocycles. The molecule has 3 heteroatoms. The molecule has 0 spiro atoms. The van der Waals surface area contributed by atoms with Gasteiger partial charge in [0.05, 0.1) is 11.4 Å². The number of fused-ring (bicyclic) bond motifs is 1. The first kappa shape index (κ1) is 10.3. The number of halogens is 2. The maximum Gasteiger partial charge on any atom is 0.129 e. The van der Waals surface area contributed by atoms with Crippen LogP contribution in [0, 0.1) is 11.8 Å². The van der Waals surface area contributed by atoms with E-state index in [-0.39, 0.29) is 0 Å². The number of rotatable bonds is 0. The lowest BCUT2D eigenvalue weighted by molar-refractivity contribution is 1.41. The minimum Gasteiger partial charge on any atom is -0.236 e. The number of hydrogen-bond donors (Lipinski definition) is 0. The summed E-state index contributed by atoms with van der Waals surface area (Å²) in [6.07, 6.45) is 0. The summed E-state index contributed by atoms with van der Waals surface area (Å²) in [5.74, 6) is 6.11. The van der Waals surface area contributed by atoms with Crippen molar-refractivity contribution in [2.75, 3.05) is 5.88 Å². The van der Waals surface area contributed by atoms with Crippen LogP contribution in [0.1, 0.15) is 5.56 Å². The maximum absolute atomic E-state index is 5.79. The highest BCUT2D eigenvalue weighted by molar-refractivity contribution is 6.29. The van der Waals surface area contributed by atoms with E-state index < -0.39 is 0 Å². The lowest BCUT2D eigenvalue weighted by Gasteiger charge is -1.98. The van der Waals surface area contributed by atoms with Crippen molar-refractivity contribution < 1.29 is 0 Å². The molecule has 0 saturated heterocycles. The van der Waals surface area contributed by atoms with Gasteiger partial charge < -0.3 is 0 Å². The lowest BCUT2D eigenvalue weighted by atomic mass is 10.1. The van der Waals surface area contributed by atoms with E-state index >= 15 is 0 Å². The molecule has 0 saturated carbocycles. The zero-order chi connectivity index (χ0) is 10.7. The number of nitrogens with zero attached hydrogens (tertiary/aromatic N) is 1. The molecular formula is C12H7Cl2N. The summed E-state index contributed by atoms with van der Waals surface area (Å²) in [5.41, 5.74) is 1.81. The standard InChI is InChI=1S/C12H7Cl2N/c13-7-1-2-9-3-5-11-10(8-9)4-6-12(14)15-11/h3-6,8H,7H2. The van der Waals surface area contributed by atoms with Gasteiger partial charge in [0.1, 0.15) is 5.15 Å². The normalized spacial score (nSPS) is 9.73.